The zero-order chi connectivity index (χ0) is 99.3. The molecule has 0 radical (unpaired) electrons. The van der Waals surface area contributed by atoms with Gasteiger partial charge in [0.2, 0.25) is 0 Å². The highest BCUT2D eigenvalue weighted by Crippen LogP contribution is 2.24. The van der Waals surface area contributed by atoms with Gasteiger partial charge >= 0.3 is 35.8 Å². The van der Waals surface area contributed by atoms with Crippen molar-refractivity contribution in [2.75, 3.05) is 82.2 Å². The minimum absolute atomic E-state index is 0.00666. The molecule has 0 aromatic rings. The lowest BCUT2D eigenvalue weighted by atomic mass is 10.0. The summed E-state index contributed by atoms with van der Waals surface area (Å²) in [6.45, 7) is 14.4. The van der Waals surface area contributed by atoms with Crippen LogP contribution in [0.3, 0.4) is 0 Å². The molecule has 0 aromatic heterocycles. The molecule has 0 aromatic carbocycles. The van der Waals surface area contributed by atoms with E-state index < -0.39 is 0 Å². The van der Waals surface area contributed by atoms with Crippen molar-refractivity contribution in [1.82, 2.24) is 14.7 Å². The fraction of sp³-hybridized carbons (Fsp3) is 0.840. The number of carbonyl (C=O) groups excluding carboxylic acids is 7. The molecular formula is C119H221N3O13. The summed E-state index contributed by atoms with van der Waals surface area (Å²) in [5, 5.41) is 0. The molecular weight excluding hydrogens is 1680 g/mol. The van der Waals surface area contributed by atoms with Crippen molar-refractivity contribution in [2.45, 2.75) is 567 Å². The van der Waals surface area contributed by atoms with Crippen LogP contribution < -0.4 is 0 Å². The topological polar surface area (TPSA) is 185 Å². The summed E-state index contributed by atoms with van der Waals surface area (Å²) in [5.74, 6) is 0.0214. The molecule has 790 valence electrons. The molecule has 3 atom stereocenters. The van der Waals surface area contributed by atoms with E-state index in [0.29, 0.717) is 70.4 Å². The summed E-state index contributed by atoms with van der Waals surface area (Å²) in [6, 6.07) is 0. The van der Waals surface area contributed by atoms with E-state index in [-0.39, 0.29) is 54.1 Å². The largest absolute Gasteiger partial charge is 0.469 e. The van der Waals surface area contributed by atoms with Gasteiger partial charge in [0.15, 0.2) is 0 Å². The molecule has 0 aliphatic rings. The van der Waals surface area contributed by atoms with Crippen molar-refractivity contribution in [1.29, 1.82) is 0 Å². The molecule has 0 aliphatic heterocycles. The summed E-state index contributed by atoms with van der Waals surface area (Å²) in [5.41, 5.74) is 0. The van der Waals surface area contributed by atoms with Crippen LogP contribution >= 0.6 is 0 Å². The number of ketones is 1. The Morgan fingerprint density at radius 2 is 0.415 bits per heavy atom. The van der Waals surface area contributed by atoms with Crippen LogP contribution in [0, 0.1) is 0 Å². The third-order valence-corrected chi connectivity index (χ3v) is 25.2. The van der Waals surface area contributed by atoms with Gasteiger partial charge in [-0.05, 0) is 326 Å². The zero-order valence-corrected chi connectivity index (χ0v) is 90.9. The molecule has 0 rings (SSSR count). The Morgan fingerprint density at radius 1 is 0.207 bits per heavy atom. The van der Waals surface area contributed by atoms with Gasteiger partial charge in [0.1, 0.15) is 30.7 Å². The molecule has 0 spiro atoms. The lowest BCUT2D eigenvalue weighted by molar-refractivity contribution is -0.151. The average Bonchev–Trinajstić information content (AvgIpc) is 0.965. The third-order valence-electron chi connectivity index (χ3n) is 25.2. The zero-order valence-electron chi connectivity index (χ0n) is 90.9. The van der Waals surface area contributed by atoms with Crippen LogP contribution in [0.25, 0.3) is 0 Å². The van der Waals surface area contributed by atoms with Crippen LogP contribution in [0.1, 0.15) is 548 Å². The van der Waals surface area contributed by atoms with Crippen LogP contribution in [-0.4, -0.2) is 157 Å². The van der Waals surface area contributed by atoms with E-state index in [9.17, 15) is 33.6 Å². The highest BCUT2D eigenvalue weighted by atomic mass is 16.6. The van der Waals surface area contributed by atoms with Gasteiger partial charge in [-0.15, -0.1) is 0 Å². The monoisotopic (exact) mass is 1900 g/mol. The maximum absolute atomic E-state index is 12.5. The van der Waals surface area contributed by atoms with Crippen LogP contribution in [0.15, 0.2) is 72.9 Å². The second-order valence-electron chi connectivity index (χ2n) is 39.6. The van der Waals surface area contributed by atoms with Gasteiger partial charge in [0.05, 0.1) is 13.7 Å². The van der Waals surface area contributed by atoms with Crippen molar-refractivity contribution in [3.05, 3.63) is 72.9 Å². The van der Waals surface area contributed by atoms with Crippen molar-refractivity contribution < 1.29 is 62.0 Å². The second-order valence-corrected chi connectivity index (χ2v) is 39.6. The highest BCUT2D eigenvalue weighted by Gasteiger charge is 2.19. The fourth-order valence-electron chi connectivity index (χ4n) is 16.6. The number of ether oxygens (including phenoxy) is 6. The molecule has 0 amide bonds. The van der Waals surface area contributed by atoms with Gasteiger partial charge in [0, 0.05) is 51.4 Å². The lowest BCUT2D eigenvalue weighted by Crippen LogP contribution is -2.20. The lowest BCUT2D eigenvalue weighted by Gasteiger charge is -2.18. The van der Waals surface area contributed by atoms with Crippen LogP contribution in [0.4, 0.5) is 0 Å². The minimum Gasteiger partial charge on any atom is -0.469 e. The number of unbranched alkanes of at least 4 members (excludes halogenated alkanes) is 50. The molecule has 0 fully saturated rings. The summed E-state index contributed by atoms with van der Waals surface area (Å²) in [6.07, 6.45) is 116. The van der Waals surface area contributed by atoms with Crippen LogP contribution in [0.2, 0.25) is 0 Å². The fourth-order valence-corrected chi connectivity index (χ4v) is 16.6. The first kappa shape index (κ1) is 134. The maximum Gasteiger partial charge on any atom is 0.306 e. The van der Waals surface area contributed by atoms with Gasteiger partial charge in [-0.1, -0.05) is 306 Å². The average molecular weight is 1900 g/mol. The first-order chi connectivity index (χ1) is 65.9. The standard InChI is InChI=1S/C42H77NO5.C39H73NO4.C38H71NO4/c1-5-7-9-11-13-14-18-24-31-39(44)32-25-19-16-20-26-33-40(48-42(46)36-30-37-43(3)4)34-27-21-17-22-28-35-41(45)47-38-29-23-15-12-10-8-6-2;1-5-7-8-9-10-11-12-13-16-19-22-25-28-32-37(44-39(42)35-31-36-40(3)4)33-29-26-23-20-17-14-15-18-21-24-27-30-34-38(41)43-6-2;1-5-6-7-8-9-10-11-12-15-18-21-24-27-31-36(43-38(41)34-30-35-39(2)3)32-28-25-22-19-16-13-14-17-20-23-26-29-33-37(40)42-4/h14,18,23,29,40H,5-13,15-17,19-22,24-28,30-38H2,1-4H3;10-11,18,21,37H,5-9,12-17,19-20,22-36H2,1-4H3;9-10,17,20,36H,5-8,11-16,18-19,21-35H2,1-4H3/b18-14-,29-23-;11-10-,21-18-;10-9-,20-17-. The van der Waals surface area contributed by atoms with Crippen molar-refractivity contribution in [3.8, 4) is 0 Å². The molecule has 0 N–H and O–H groups in total. The Hall–Kier alpha value is -5.19. The Morgan fingerprint density at radius 3 is 0.696 bits per heavy atom. The number of hydrogen-bond acceptors (Lipinski definition) is 16. The van der Waals surface area contributed by atoms with E-state index in [1.54, 1.807) is 0 Å². The Kier molecular flexibility index (Phi) is 112. The molecule has 0 saturated heterocycles. The van der Waals surface area contributed by atoms with Gasteiger partial charge in [-0.2, -0.15) is 0 Å². The van der Waals surface area contributed by atoms with Gasteiger partial charge < -0.3 is 43.1 Å². The second kappa shape index (κ2) is 112. The van der Waals surface area contributed by atoms with Crippen LogP contribution in [0.5, 0.6) is 0 Å². The van der Waals surface area contributed by atoms with E-state index in [4.69, 9.17) is 23.7 Å². The highest BCUT2D eigenvalue weighted by molar-refractivity contribution is 5.78. The predicted octanol–water partition coefficient (Wildman–Crippen LogP) is 33.9. The van der Waals surface area contributed by atoms with Crippen molar-refractivity contribution in [2.24, 2.45) is 0 Å². The number of esters is 6. The van der Waals surface area contributed by atoms with Crippen molar-refractivity contribution >= 4 is 41.6 Å². The molecule has 135 heavy (non-hydrogen) atoms. The molecule has 16 heteroatoms. The van der Waals surface area contributed by atoms with Gasteiger partial charge in [-0.3, -0.25) is 33.6 Å². The summed E-state index contributed by atoms with van der Waals surface area (Å²) in [7, 11) is 13.7. The van der Waals surface area contributed by atoms with E-state index in [1.807, 2.05) is 41.2 Å². The van der Waals surface area contributed by atoms with Crippen LogP contribution in [-0.2, 0) is 62.0 Å². The minimum atomic E-state index is -0.107. The first-order valence-corrected chi connectivity index (χ1v) is 57.2. The molecule has 16 nitrogen and oxygen atoms in total. The number of allylic oxidation sites excluding steroid dienone is 11. The number of carbonyl (C=O) groups is 7. The van der Waals surface area contributed by atoms with Gasteiger partial charge in [0.25, 0.3) is 0 Å². The van der Waals surface area contributed by atoms with E-state index >= 15 is 0 Å². The maximum atomic E-state index is 12.5. The molecule has 0 heterocycles. The third kappa shape index (κ3) is 116. The molecule has 3 unspecified atom stereocenters. The Labute approximate surface area is 835 Å². The number of nitrogens with zero attached hydrogens (tertiary/aromatic N) is 3. The quantitative estimate of drug-likeness (QED) is 0.0242. The summed E-state index contributed by atoms with van der Waals surface area (Å²) < 4.78 is 32.8. The smallest absolute Gasteiger partial charge is 0.306 e. The normalized spacial score (nSPS) is 12.4. The first-order valence-electron chi connectivity index (χ1n) is 57.2. The Balaban J connectivity index is -0.00000194. The number of hydrogen-bond donors (Lipinski definition) is 0. The molecule has 0 saturated carbocycles. The SMILES string of the molecule is CCCCC/C=C\CCCCCCCCC(CCCCCCCC/C=C\CCCCC(=O)OC)OC(=O)CCCN(C)C.CCCCC/C=C\CCCCCCCCC(CCCCCCCC/C=C\CCCCC(=O)OCC)OC(=O)CCCN(C)C.CCCCCC/C=C\CCC(=O)CCCCCCCC(CCCCCCCC(=O)OC/C=C\CCCCCC)OC(=O)CCCN(C)C. The van der Waals surface area contributed by atoms with E-state index in [0.717, 1.165) is 225 Å². The number of rotatable bonds is 101. The number of Topliss-reactive ketones (excluding diaryl/α,β-unsaturated/α-hetero) is 1. The Bertz CT molecular complexity index is 2690. The summed E-state index contributed by atoms with van der Waals surface area (Å²) >= 11 is 0. The predicted molar refractivity (Wildman–Crippen MR) is 577 cm³/mol. The molecule has 0 aliphatic carbocycles. The summed E-state index contributed by atoms with van der Waals surface area (Å²) in [4.78, 5) is 90.5. The molecule has 0 bridgehead atoms. The van der Waals surface area contributed by atoms with E-state index in [1.165, 1.54) is 264 Å². The van der Waals surface area contributed by atoms with E-state index in [2.05, 4.69) is 128 Å². The number of methoxy groups -OCH3 is 1. The van der Waals surface area contributed by atoms with Crippen molar-refractivity contribution in [3.63, 3.8) is 0 Å². The van der Waals surface area contributed by atoms with Gasteiger partial charge in [-0.25, -0.2) is 0 Å².